The van der Waals surface area contributed by atoms with Crippen LogP contribution in [-0.2, 0) is 0 Å². The number of ether oxygens (including phenoxy) is 1. The maximum atomic E-state index is 12.4. The minimum atomic E-state index is -0.0913. The smallest absolute Gasteiger partial charge is 0.197 e. The highest BCUT2D eigenvalue weighted by Crippen LogP contribution is 2.27. The molecule has 0 spiro atoms. The SMILES string of the molecule is CC(C)Oc1cccc2oc(-c3ccccc3)cc(=O)c12. The van der Waals surface area contributed by atoms with E-state index in [1.165, 1.54) is 6.07 Å². The van der Waals surface area contributed by atoms with E-state index in [1.54, 1.807) is 12.1 Å². The normalized spacial score (nSPS) is 11.0. The van der Waals surface area contributed by atoms with Crippen LogP contribution in [0.1, 0.15) is 13.8 Å². The molecular formula is C18H16O3. The summed E-state index contributed by atoms with van der Waals surface area (Å²) in [6.45, 7) is 3.86. The van der Waals surface area contributed by atoms with Crippen LogP contribution in [0.3, 0.4) is 0 Å². The first-order chi connectivity index (χ1) is 10.1. The van der Waals surface area contributed by atoms with Crippen molar-refractivity contribution in [2.45, 2.75) is 20.0 Å². The van der Waals surface area contributed by atoms with Gasteiger partial charge in [0.1, 0.15) is 22.5 Å². The Morgan fingerprint density at radius 2 is 1.76 bits per heavy atom. The first kappa shape index (κ1) is 13.4. The third-order valence-corrected chi connectivity index (χ3v) is 3.14. The van der Waals surface area contributed by atoms with Crippen LogP contribution in [0.4, 0.5) is 0 Å². The molecule has 3 rings (SSSR count). The minimum Gasteiger partial charge on any atom is -0.490 e. The predicted octanol–water partition coefficient (Wildman–Crippen LogP) is 4.25. The Labute approximate surface area is 122 Å². The van der Waals surface area contributed by atoms with Crippen LogP contribution in [0.25, 0.3) is 22.3 Å². The summed E-state index contributed by atoms with van der Waals surface area (Å²) < 4.78 is 11.6. The van der Waals surface area contributed by atoms with Crippen LogP contribution in [0, 0.1) is 0 Å². The summed E-state index contributed by atoms with van der Waals surface area (Å²) in [5.41, 5.74) is 1.33. The number of rotatable bonds is 3. The Balaban J connectivity index is 2.20. The van der Waals surface area contributed by atoms with Crippen molar-refractivity contribution in [1.29, 1.82) is 0 Å². The van der Waals surface area contributed by atoms with Crippen molar-refractivity contribution in [2.75, 3.05) is 0 Å². The van der Waals surface area contributed by atoms with Gasteiger partial charge in [0.15, 0.2) is 5.43 Å². The van der Waals surface area contributed by atoms with E-state index in [0.29, 0.717) is 22.5 Å². The molecule has 0 bridgehead atoms. The fraction of sp³-hybridized carbons (Fsp3) is 0.167. The highest BCUT2D eigenvalue weighted by Gasteiger charge is 2.12. The van der Waals surface area contributed by atoms with Crippen LogP contribution in [0.15, 0.2) is 63.8 Å². The Kier molecular flexibility index (Phi) is 3.48. The third-order valence-electron chi connectivity index (χ3n) is 3.14. The molecule has 0 saturated carbocycles. The molecule has 2 aromatic carbocycles. The molecule has 0 saturated heterocycles. The molecule has 1 aromatic heterocycles. The maximum absolute atomic E-state index is 12.4. The molecule has 0 radical (unpaired) electrons. The van der Waals surface area contributed by atoms with E-state index in [2.05, 4.69) is 0 Å². The zero-order valence-corrected chi connectivity index (χ0v) is 12.0. The lowest BCUT2D eigenvalue weighted by atomic mass is 10.1. The van der Waals surface area contributed by atoms with Crippen LogP contribution < -0.4 is 10.2 Å². The zero-order valence-electron chi connectivity index (χ0n) is 12.0. The van der Waals surface area contributed by atoms with Crippen LogP contribution in [0.2, 0.25) is 0 Å². The number of benzene rings is 2. The molecule has 3 heteroatoms. The third kappa shape index (κ3) is 2.68. The molecule has 0 atom stereocenters. The molecule has 0 aliphatic heterocycles. The molecule has 0 aliphatic carbocycles. The molecule has 1 heterocycles. The molecule has 0 aliphatic rings. The summed E-state index contributed by atoms with van der Waals surface area (Å²) in [5.74, 6) is 1.13. The molecule has 0 amide bonds. The van der Waals surface area contributed by atoms with Gasteiger partial charge in [0.05, 0.1) is 6.10 Å². The van der Waals surface area contributed by atoms with Gasteiger partial charge in [-0.25, -0.2) is 0 Å². The van der Waals surface area contributed by atoms with Gasteiger partial charge in [-0.1, -0.05) is 36.4 Å². The highest BCUT2D eigenvalue weighted by atomic mass is 16.5. The van der Waals surface area contributed by atoms with Crippen LogP contribution in [-0.4, -0.2) is 6.10 Å². The fourth-order valence-corrected chi connectivity index (χ4v) is 2.27. The maximum Gasteiger partial charge on any atom is 0.197 e. The summed E-state index contributed by atoms with van der Waals surface area (Å²) in [6, 6.07) is 16.5. The van der Waals surface area contributed by atoms with E-state index in [9.17, 15) is 4.79 Å². The highest BCUT2D eigenvalue weighted by molar-refractivity contribution is 5.84. The average Bonchev–Trinajstić information content (AvgIpc) is 2.47. The second kappa shape index (κ2) is 5.44. The quantitative estimate of drug-likeness (QED) is 0.720. The first-order valence-corrected chi connectivity index (χ1v) is 6.94. The van der Waals surface area contributed by atoms with E-state index < -0.39 is 0 Å². The summed E-state index contributed by atoms with van der Waals surface area (Å²) in [5, 5.41) is 0.492. The monoisotopic (exact) mass is 280 g/mol. The second-order valence-corrected chi connectivity index (χ2v) is 5.14. The molecular weight excluding hydrogens is 264 g/mol. The van der Waals surface area contributed by atoms with Crippen molar-refractivity contribution in [1.82, 2.24) is 0 Å². The summed E-state index contributed by atoms with van der Waals surface area (Å²) in [6.07, 6.45) is 0.00352. The Morgan fingerprint density at radius 1 is 1.00 bits per heavy atom. The van der Waals surface area contributed by atoms with Crippen LogP contribution >= 0.6 is 0 Å². The largest absolute Gasteiger partial charge is 0.490 e. The zero-order chi connectivity index (χ0) is 14.8. The van der Waals surface area contributed by atoms with E-state index in [0.717, 1.165) is 5.56 Å². The number of hydrogen-bond donors (Lipinski definition) is 0. The summed E-state index contributed by atoms with van der Waals surface area (Å²) >= 11 is 0. The fourth-order valence-electron chi connectivity index (χ4n) is 2.27. The van der Waals surface area contributed by atoms with Crippen molar-refractivity contribution in [3.8, 4) is 17.1 Å². The number of hydrogen-bond acceptors (Lipinski definition) is 3. The summed E-state index contributed by atoms with van der Waals surface area (Å²) in [4.78, 5) is 12.4. The van der Waals surface area contributed by atoms with Gasteiger partial charge in [-0.2, -0.15) is 0 Å². The van der Waals surface area contributed by atoms with Crippen molar-refractivity contribution in [2.24, 2.45) is 0 Å². The van der Waals surface area contributed by atoms with Crippen LogP contribution in [0.5, 0.6) is 5.75 Å². The lowest BCUT2D eigenvalue weighted by Crippen LogP contribution is -2.09. The lowest BCUT2D eigenvalue weighted by Gasteiger charge is -2.12. The van der Waals surface area contributed by atoms with E-state index in [-0.39, 0.29) is 11.5 Å². The average molecular weight is 280 g/mol. The Morgan fingerprint density at radius 3 is 2.48 bits per heavy atom. The van der Waals surface area contributed by atoms with Gasteiger partial charge in [0, 0.05) is 11.6 Å². The topological polar surface area (TPSA) is 39.4 Å². The van der Waals surface area contributed by atoms with Crippen molar-refractivity contribution in [3.63, 3.8) is 0 Å². The molecule has 106 valence electrons. The molecule has 0 fully saturated rings. The van der Waals surface area contributed by atoms with Gasteiger partial charge >= 0.3 is 0 Å². The molecule has 0 N–H and O–H groups in total. The minimum absolute atomic E-state index is 0.00352. The lowest BCUT2D eigenvalue weighted by molar-refractivity contribution is 0.245. The number of fused-ring (bicyclic) bond motifs is 1. The Hall–Kier alpha value is -2.55. The first-order valence-electron chi connectivity index (χ1n) is 6.94. The predicted molar refractivity (Wildman–Crippen MR) is 83.7 cm³/mol. The Bertz CT molecular complexity index is 817. The van der Waals surface area contributed by atoms with Gasteiger partial charge in [-0.05, 0) is 26.0 Å². The molecule has 3 aromatic rings. The molecule has 3 nitrogen and oxygen atoms in total. The van der Waals surface area contributed by atoms with Gasteiger partial charge in [-0.15, -0.1) is 0 Å². The standard InChI is InChI=1S/C18H16O3/c1-12(2)20-15-9-6-10-16-18(15)14(19)11-17(21-16)13-7-4-3-5-8-13/h3-12H,1-2H3. The summed E-state index contributed by atoms with van der Waals surface area (Å²) in [7, 11) is 0. The molecule has 21 heavy (non-hydrogen) atoms. The van der Waals surface area contributed by atoms with Crippen molar-refractivity contribution in [3.05, 3.63) is 64.8 Å². The van der Waals surface area contributed by atoms with E-state index >= 15 is 0 Å². The van der Waals surface area contributed by atoms with Gasteiger partial charge < -0.3 is 9.15 Å². The van der Waals surface area contributed by atoms with Crippen molar-refractivity contribution >= 4 is 11.0 Å². The van der Waals surface area contributed by atoms with Gasteiger partial charge in [-0.3, -0.25) is 4.79 Å². The van der Waals surface area contributed by atoms with Gasteiger partial charge in [0.2, 0.25) is 0 Å². The molecule has 0 unspecified atom stereocenters. The van der Waals surface area contributed by atoms with Gasteiger partial charge in [0.25, 0.3) is 0 Å². The van der Waals surface area contributed by atoms with Crippen molar-refractivity contribution < 1.29 is 9.15 Å². The van der Waals surface area contributed by atoms with E-state index in [1.807, 2.05) is 50.2 Å². The second-order valence-electron chi connectivity index (χ2n) is 5.14. The van der Waals surface area contributed by atoms with E-state index in [4.69, 9.17) is 9.15 Å².